The van der Waals surface area contributed by atoms with Gasteiger partial charge in [0.25, 0.3) is 0 Å². The lowest BCUT2D eigenvalue weighted by atomic mass is 10.2. The van der Waals surface area contributed by atoms with Crippen molar-refractivity contribution in [3.05, 3.63) is 32.9 Å². The van der Waals surface area contributed by atoms with Gasteiger partial charge in [-0.15, -0.1) is 11.3 Å². The Morgan fingerprint density at radius 2 is 2.21 bits per heavy atom. The maximum Gasteiger partial charge on any atom is 0.0388 e. The molecular formula is C11H14BrNS. The highest BCUT2D eigenvalue weighted by atomic mass is 79.9. The van der Waals surface area contributed by atoms with Crippen LogP contribution in [0.5, 0.6) is 0 Å². The summed E-state index contributed by atoms with van der Waals surface area (Å²) in [6, 6.07) is 3.31. The minimum absolute atomic E-state index is 0.469. The van der Waals surface area contributed by atoms with Crippen molar-refractivity contribution in [3.8, 4) is 0 Å². The van der Waals surface area contributed by atoms with Crippen LogP contribution in [-0.2, 0) is 0 Å². The molecule has 14 heavy (non-hydrogen) atoms. The molecule has 0 saturated carbocycles. The van der Waals surface area contributed by atoms with E-state index < -0.39 is 0 Å². The lowest BCUT2D eigenvalue weighted by Gasteiger charge is -2.17. The number of thiophene rings is 1. The minimum Gasteiger partial charge on any atom is -0.306 e. The zero-order chi connectivity index (χ0) is 9.97. The van der Waals surface area contributed by atoms with Crippen LogP contribution in [0.2, 0.25) is 0 Å². The van der Waals surface area contributed by atoms with Gasteiger partial charge in [0.05, 0.1) is 0 Å². The highest BCUT2D eigenvalue weighted by molar-refractivity contribution is 9.10. The van der Waals surface area contributed by atoms with Gasteiger partial charge in [0.15, 0.2) is 0 Å². The molecule has 1 N–H and O–H groups in total. The summed E-state index contributed by atoms with van der Waals surface area (Å²) in [5.74, 6) is 0. The third kappa shape index (κ3) is 2.47. The standard InChI is InChI=1S/C11H14BrNS/c1-8(11-6-9(12)7-14-11)13-10-4-2-3-5-10/h2-3,6-8,10,13H,4-5H2,1H3. The molecule has 2 rings (SSSR count). The molecule has 1 aromatic rings. The van der Waals surface area contributed by atoms with Gasteiger partial charge in [0.2, 0.25) is 0 Å². The van der Waals surface area contributed by atoms with E-state index in [1.54, 1.807) is 0 Å². The first-order valence-corrected chi connectivity index (χ1v) is 6.58. The van der Waals surface area contributed by atoms with Crippen molar-refractivity contribution in [2.24, 2.45) is 0 Å². The molecule has 0 spiro atoms. The molecule has 1 atom stereocenters. The number of rotatable bonds is 3. The highest BCUT2D eigenvalue weighted by Crippen LogP contribution is 2.26. The van der Waals surface area contributed by atoms with Crippen LogP contribution >= 0.6 is 27.3 Å². The fourth-order valence-corrected chi connectivity index (χ4v) is 3.21. The second-order valence-electron chi connectivity index (χ2n) is 3.70. The van der Waals surface area contributed by atoms with Crippen LogP contribution in [0.3, 0.4) is 0 Å². The Bertz CT molecular complexity index is 324. The minimum atomic E-state index is 0.469. The van der Waals surface area contributed by atoms with E-state index in [2.05, 4.69) is 51.8 Å². The molecule has 0 aromatic carbocycles. The van der Waals surface area contributed by atoms with Crippen LogP contribution in [0.15, 0.2) is 28.1 Å². The normalized spacial score (nSPS) is 19.0. The number of hydrogen-bond acceptors (Lipinski definition) is 2. The average molecular weight is 272 g/mol. The van der Waals surface area contributed by atoms with Crippen LogP contribution in [-0.4, -0.2) is 6.04 Å². The molecule has 1 nitrogen and oxygen atoms in total. The summed E-state index contributed by atoms with van der Waals surface area (Å²) in [5, 5.41) is 5.77. The monoisotopic (exact) mass is 271 g/mol. The Kier molecular flexibility index (Phi) is 3.42. The second kappa shape index (κ2) is 4.60. The molecule has 1 aromatic heterocycles. The van der Waals surface area contributed by atoms with Crippen molar-refractivity contribution in [3.63, 3.8) is 0 Å². The molecule has 1 heterocycles. The topological polar surface area (TPSA) is 12.0 Å². The second-order valence-corrected chi connectivity index (χ2v) is 5.55. The Hall–Kier alpha value is -0.120. The van der Waals surface area contributed by atoms with Crippen molar-refractivity contribution in [2.45, 2.75) is 31.8 Å². The molecular weight excluding hydrogens is 258 g/mol. The molecule has 1 aliphatic carbocycles. The lowest BCUT2D eigenvalue weighted by Crippen LogP contribution is -2.28. The molecule has 0 saturated heterocycles. The van der Waals surface area contributed by atoms with Crippen LogP contribution in [0.1, 0.15) is 30.7 Å². The van der Waals surface area contributed by atoms with Gasteiger partial charge in [-0.3, -0.25) is 0 Å². The molecule has 3 heteroatoms. The van der Waals surface area contributed by atoms with Crippen molar-refractivity contribution in [1.29, 1.82) is 0 Å². The van der Waals surface area contributed by atoms with Gasteiger partial charge >= 0.3 is 0 Å². The first-order chi connectivity index (χ1) is 6.75. The Balaban J connectivity index is 1.92. The van der Waals surface area contributed by atoms with Crippen molar-refractivity contribution in [2.75, 3.05) is 0 Å². The number of nitrogens with one attached hydrogen (secondary N) is 1. The maximum absolute atomic E-state index is 3.64. The number of halogens is 1. The van der Waals surface area contributed by atoms with E-state index in [4.69, 9.17) is 0 Å². The van der Waals surface area contributed by atoms with Crippen LogP contribution in [0, 0.1) is 0 Å². The van der Waals surface area contributed by atoms with Gasteiger partial charge in [0.1, 0.15) is 0 Å². The summed E-state index contributed by atoms with van der Waals surface area (Å²) in [5.41, 5.74) is 0. The molecule has 0 aliphatic heterocycles. The van der Waals surface area contributed by atoms with Crippen molar-refractivity contribution >= 4 is 27.3 Å². The predicted octanol–water partition coefficient (Wildman–Crippen LogP) is 3.88. The fraction of sp³-hybridized carbons (Fsp3) is 0.455. The first-order valence-electron chi connectivity index (χ1n) is 4.90. The molecule has 76 valence electrons. The quantitative estimate of drug-likeness (QED) is 0.823. The lowest BCUT2D eigenvalue weighted by molar-refractivity contribution is 0.476. The van der Waals surface area contributed by atoms with Crippen LogP contribution in [0.25, 0.3) is 0 Å². The fourth-order valence-electron chi connectivity index (χ4n) is 1.74. The summed E-state index contributed by atoms with van der Waals surface area (Å²) in [7, 11) is 0. The van der Waals surface area contributed by atoms with E-state index in [1.165, 1.54) is 22.2 Å². The summed E-state index contributed by atoms with van der Waals surface area (Å²) >= 11 is 5.29. The third-order valence-corrected chi connectivity index (χ3v) is 4.38. The summed E-state index contributed by atoms with van der Waals surface area (Å²) in [4.78, 5) is 1.41. The van der Waals surface area contributed by atoms with Gasteiger partial charge in [-0.1, -0.05) is 12.2 Å². The van der Waals surface area contributed by atoms with Gasteiger partial charge < -0.3 is 5.32 Å². The molecule has 0 bridgehead atoms. The van der Waals surface area contributed by atoms with Gasteiger partial charge in [-0.05, 0) is 41.8 Å². The zero-order valence-electron chi connectivity index (χ0n) is 8.16. The van der Waals surface area contributed by atoms with Gasteiger partial charge in [-0.25, -0.2) is 0 Å². The smallest absolute Gasteiger partial charge is 0.0388 e. The molecule has 0 radical (unpaired) electrons. The maximum atomic E-state index is 3.64. The SMILES string of the molecule is CC(NC1CC=CC1)c1cc(Br)cs1. The Labute approximate surface area is 97.3 Å². The van der Waals surface area contributed by atoms with Gasteiger partial charge in [0, 0.05) is 26.8 Å². The predicted molar refractivity (Wildman–Crippen MR) is 65.7 cm³/mol. The number of hydrogen-bond donors (Lipinski definition) is 1. The van der Waals surface area contributed by atoms with Crippen molar-refractivity contribution in [1.82, 2.24) is 5.32 Å². The van der Waals surface area contributed by atoms with E-state index in [9.17, 15) is 0 Å². The average Bonchev–Trinajstić information content (AvgIpc) is 2.75. The molecule has 0 fully saturated rings. The van der Waals surface area contributed by atoms with E-state index in [1.807, 2.05) is 11.3 Å². The molecule has 1 aliphatic rings. The van der Waals surface area contributed by atoms with E-state index in [-0.39, 0.29) is 0 Å². The zero-order valence-corrected chi connectivity index (χ0v) is 10.6. The largest absolute Gasteiger partial charge is 0.306 e. The summed E-state index contributed by atoms with van der Waals surface area (Å²) < 4.78 is 1.19. The van der Waals surface area contributed by atoms with Crippen LogP contribution in [0.4, 0.5) is 0 Å². The Morgan fingerprint density at radius 3 is 2.79 bits per heavy atom. The van der Waals surface area contributed by atoms with E-state index in [0.29, 0.717) is 12.1 Å². The Morgan fingerprint density at radius 1 is 1.50 bits per heavy atom. The third-order valence-electron chi connectivity index (χ3n) is 2.51. The molecule has 1 unspecified atom stereocenters. The highest BCUT2D eigenvalue weighted by Gasteiger charge is 2.15. The first kappa shape index (κ1) is 10.4. The van der Waals surface area contributed by atoms with Gasteiger partial charge in [-0.2, -0.15) is 0 Å². The van der Waals surface area contributed by atoms with E-state index in [0.717, 1.165) is 0 Å². The van der Waals surface area contributed by atoms with Crippen molar-refractivity contribution < 1.29 is 0 Å². The van der Waals surface area contributed by atoms with E-state index >= 15 is 0 Å². The van der Waals surface area contributed by atoms with Crippen LogP contribution < -0.4 is 5.32 Å². The summed E-state index contributed by atoms with van der Waals surface area (Å²) in [6.45, 7) is 2.23. The molecule has 0 amide bonds. The summed E-state index contributed by atoms with van der Waals surface area (Å²) in [6.07, 6.45) is 6.87.